The number of ether oxygens (including phenoxy) is 1. The zero-order valence-corrected chi connectivity index (χ0v) is 12.8. The van der Waals surface area contributed by atoms with Gasteiger partial charge in [-0.05, 0) is 5.56 Å². The Kier molecular flexibility index (Phi) is 6.28. The van der Waals surface area contributed by atoms with E-state index in [1.54, 1.807) is 12.3 Å². The molecule has 9 nitrogen and oxygen atoms in total. The first-order valence-electron chi connectivity index (χ1n) is 7.15. The standard InChI is InChI=1S/C15H16N6O3/c16-6-7-17-14(22)13(10-21-9-8-18-20-21)19-15(23)24-11-12-4-2-1-3-5-12/h1-5,8-9,13H,7,10-11H2,(H,17,22)(H,19,23)/t13-/m0/s1. The van der Waals surface area contributed by atoms with E-state index in [1.807, 2.05) is 30.3 Å². The molecule has 0 bridgehead atoms. The summed E-state index contributed by atoms with van der Waals surface area (Å²) >= 11 is 0. The summed E-state index contributed by atoms with van der Waals surface area (Å²) in [6.07, 6.45) is 2.27. The first-order valence-corrected chi connectivity index (χ1v) is 7.15. The topological polar surface area (TPSA) is 122 Å². The molecule has 2 rings (SSSR count). The molecular formula is C15H16N6O3. The average Bonchev–Trinajstić information content (AvgIpc) is 3.11. The molecule has 9 heteroatoms. The molecule has 0 saturated carbocycles. The summed E-state index contributed by atoms with van der Waals surface area (Å²) < 4.78 is 6.49. The van der Waals surface area contributed by atoms with Crippen molar-refractivity contribution in [2.24, 2.45) is 0 Å². The van der Waals surface area contributed by atoms with Crippen LogP contribution in [0.1, 0.15) is 5.56 Å². The van der Waals surface area contributed by atoms with Gasteiger partial charge in [0.2, 0.25) is 5.91 Å². The molecule has 1 atom stereocenters. The monoisotopic (exact) mass is 328 g/mol. The predicted octanol–water partition coefficient (Wildman–Crippen LogP) is 0.213. The maximum absolute atomic E-state index is 12.0. The number of carbonyl (C=O) groups excluding carboxylic acids is 2. The number of carbonyl (C=O) groups is 2. The smallest absolute Gasteiger partial charge is 0.408 e. The van der Waals surface area contributed by atoms with Gasteiger partial charge in [0.25, 0.3) is 0 Å². The molecule has 1 heterocycles. The Labute approximate surface area is 138 Å². The number of hydrogen-bond acceptors (Lipinski definition) is 6. The number of rotatable bonds is 7. The lowest BCUT2D eigenvalue weighted by molar-refractivity contribution is -0.123. The number of alkyl carbamates (subject to hydrolysis) is 1. The van der Waals surface area contributed by atoms with E-state index in [4.69, 9.17) is 10.00 Å². The van der Waals surface area contributed by atoms with Crippen molar-refractivity contribution < 1.29 is 14.3 Å². The maximum atomic E-state index is 12.0. The van der Waals surface area contributed by atoms with E-state index in [1.165, 1.54) is 10.9 Å². The Hall–Kier alpha value is -3.41. The van der Waals surface area contributed by atoms with Crippen molar-refractivity contribution in [1.29, 1.82) is 5.26 Å². The zero-order chi connectivity index (χ0) is 17.2. The van der Waals surface area contributed by atoms with Gasteiger partial charge in [-0.1, -0.05) is 35.5 Å². The highest BCUT2D eigenvalue weighted by Gasteiger charge is 2.22. The van der Waals surface area contributed by atoms with E-state index in [2.05, 4.69) is 20.9 Å². The van der Waals surface area contributed by atoms with Crippen LogP contribution in [-0.4, -0.2) is 39.6 Å². The molecule has 0 radical (unpaired) electrons. The zero-order valence-electron chi connectivity index (χ0n) is 12.8. The Morgan fingerprint density at radius 3 is 2.79 bits per heavy atom. The lowest BCUT2D eigenvalue weighted by Crippen LogP contribution is -2.49. The van der Waals surface area contributed by atoms with Gasteiger partial charge in [-0.15, -0.1) is 5.10 Å². The van der Waals surface area contributed by atoms with E-state index in [0.717, 1.165) is 5.56 Å². The second kappa shape index (κ2) is 8.89. The summed E-state index contributed by atoms with van der Waals surface area (Å²) in [5.74, 6) is -0.510. The van der Waals surface area contributed by atoms with Crippen LogP contribution in [0.15, 0.2) is 42.7 Å². The van der Waals surface area contributed by atoms with Crippen LogP contribution in [0.4, 0.5) is 4.79 Å². The molecule has 2 amide bonds. The largest absolute Gasteiger partial charge is 0.445 e. The normalized spacial score (nSPS) is 11.1. The summed E-state index contributed by atoms with van der Waals surface area (Å²) in [7, 11) is 0. The third-order valence-corrected chi connectivity index (χ3v) is 3.00. The lowest BCUT2D eigenvalue weighted by atomic mass is 10.2. The fourth-order valence-electron chi connectivity index (χ4n) is 1.87. The van der Waals surface area contributed by atoms with Crippen LogP contribution in [0.2, 0.25) is 0 Å². The molecule has 0 aliphatic rings. The van der Waals surface area contributed by atoms with Gasteiger partial charge in [0.05, 0.1) is 18.8 Å². The Morgan fingerprint density at radius 1 is 1.33 bits per heavy atom. The predicted molar refractivity (Wildman–Crippen MR) is 82.2 cm³/mol. The van der Waals surface area contributed by atoms with Gasteiger partial charge in [0, 0.05) is 6.20 Å². The minimum atomic E-state index is -0.941. The van der Waals surface area contributed by atoms with E-state index in [-0.39, 0.29) is 19.7 Å². The minimum Gasteiger partial charge on any atom is -0.445 e. The van der Waals surface area contributed by atoms with Crippen LogP contribution in [0.5, 0.6) is 0 Å². The van der Waals surface area contributed by atoms with Crippen LogP contribution >= 0.6 is 0 Å². The van der Waals surface area contributed by atoms with E-state index < -0.39 is 18.0 Å². The molecule has 24 heavy (non-hydrogen) atoms. The van der Waals surface area contributed by atoms with Crippen LogP contribution in [0, 0.1) is 11.3 Å². The SMILES string of the molecule is N#CCNC(=O)[C@H](Cn1ccnn1)NC(=O)OCc1ccccc1. The van der Waals surface area contributed by atoms with E-state index in [0.29, 0.717) is 0 Å². The molecule has 0 fully saturated rings. The molecule has 0 unspecified atom stereocenters. The van der Waals surface area contributed by atoms with Crippen LogP contribution in [0.25, 0.3) is 0 Å². The Bertz CT molecular complexity index is 696. The summed E-state index contributed by atoms with van der Waals surface area (Å²) in [5.41, 5.74) is 0.828. The number of benzene rings is 1. The highest BCUT2D eigenvalue weighted by molar-refractivity contribution is 5.85. The van der Waals surface area contributed by atoms with Gasteiger partial charge in [-0.2, -0.15) is 5.26 Å². The molecule has 0 spiro atoms. The van der Waals surface area contributed by atoms with Gasteiger partial charge in [-0.3, -0.25) is 4.79 Å². The van der Waals surface area contributed by atoms with Crippen molar-refractivity contribution in [3.8, 4) is 6.07 Å². The summed E-state index contributed by atoms with van der Waals surface area (Å²) in [5, 5.41) is 20.8. The third-order valence-electron chi connectivity index (χ3n) is 3.00. The first kappa shape index (κ1) is 17.0. The maximum Gasteiger partial charge on any atom is 0.408 e. The molecule has 0 aliphatic heterocycles. The van der Waals surface area contributed by atoms with E-state index in [9.17, 15) is 9.59 Å². The Balaban J connectivity index is 1.92. The molecule has 2 N–H and O–H groups in total. The highest BCUT2D eigenvalue weighted by atomic mass is 16.5. The molecule has 0 aliphatic carbocycles. The highest BCUT2D eigenvalue weighted by Crippen LogP contribution is 2.01. The van der Waals surface area contributed by atoms with Gasteiger partial charge >= 0.3 is 6.09 Å². The first-order chi connectivity index (χ1) is 11.7. The summed E-state index contributed by atoms with van der Waals surface area (Å²) in [6, 6.07) is 10.0. The summed E-state index contributed by atoms with van der Waals surface area (Å²) in [4.78, 5) is 24.0. The molecule has 2 aromatic rings. The fourth-order valence-corrected chi connectivity index (χ4v) is 1.87. The van der Waals surface area contributed by atoms with Crippen LogP contribution in [0.3, 0.4) is 0 Å². The molecule has 124 valence electrons. The van der Waals surface area contributed by atoms with Crippen molar-refractivity contribution >= 4 is 12.0 Å². The fraction of sp³-hybridized carbons (Fsp3) is 0.267. The van der Waals surface area contributed by atoms with Crippen LogP contribution in [-0.2, 0) is 22.7 Å². The number of nitrogens with zero attached hydrogens (tertiary/aromatic N) is 4. The second-order valence-corrected chi connectivity index (χ2v) is 4.76. The average molecular weight is 328 g/mol. The third kappa shape index (κ3) is 5.42. The Morgan fingerprint density at radius 2 is 2.12 bits per heavy atom. The van der Waals surface area contributed by atoms with Gasteiger partial charge in [0.15, 0.2) is 0 Å². The number of nitrogens with one attached hydrogen (secondary N) is 2. The number of aromatic nitrogens is 3. The summed E-state index contributed by atoms with van der Waals surface area (Å²) in [6.45, 7) is -0.00628. The van der Waals surface area contributed by atoms with Crippen molar-refractivity contribution in [3.05, 3.63) is 48.3 Å². The van der Waals surface area contributed by atoms with Gasteiger partial charge in [-0.25, -0.2) is 9.48 Å². The number of nitriles is 1. The minimum absolute atomic E-state index is 0.0672. The van der Waals surface area contributed by atoms with Crippen molar-refractivity contribution in [2.45, 2.75) is 19.2 Å². The molecule has 1 aromatic heterocycles. The van der Waals surface area contributed by atoms with Gasteiger partial charge in [0.1, 0.15) is 19.2 Å². The quantitative estimate of drug-likeness (QED) is 0.701. The van der Waals surface area contributed by atoms with Crippen molar-refractivity contribution in [2.75, 3.05) is 6.54 Å². The van der Waals surface area contributed by atoms with Gasteiger partial charge < -0.3 is 15.4 Å². The van der Waals surface area contributed by atoms with Crippen molar-refractivity contribution in [3.63, 3.8) is 0 Å². The van der Waals surface area contributed by atoms with Crippen molar-refractivity contribution in [1.82, 2.24) is 25.6 Å². The molecular weight excluding hydrogens is 312 g/mol. The molecule has 0 saturated heterocycles. The van der Waals surface area contributed by atoms with Crippen LogP contribution < -0.4 is 10.6 Å². The number of amides is 2. The molecule has 1 aromatic carbocycles. The lowest BCUT2D eigenvalue weighted by Gasteiger charge is -2.17. The second-order valence-electron chi connectivity index (χ2n) is 4.76. The van der Waals surface area contributed by atoms with E-state index >= 15 is 0 Å². The number of hydrogen-bond donors (Lipinski definition) is 2.